The molecule has 0 unspecified atom stereocenters. The molecule has 0 aliphatic carbocycles. The number of likely N-dealkylation sites (N-methyl/N-ethyl adjacent to an activating group) is 1. The molecule has 1 fully saturated rings. The van der Waals surface area contributed by atoms with Crippen LogP contribution in [0, 0.1) is 0 Å². The molecule has 2 amide bonds. The number of piperazine rings is 1. The Morgan fingerprint density at radius 1 is 1.07 bits per heavy atom. The molecule has 0 atom stereocenters. The van der Waals surface area contributed by atoms with Gasteiger partial charge in [-0.3, -0.25) is 14.6 Å². The largest absolute Gasteiger partial charge is 0.351 e. The Morgan fingerprint density at radius 2 is 1.81 bits per heavy atom. The summed E-state index contributed by atoms with van der Waals surface area (Å²) in [6.07, 6.45) is 3.30. The molecule has 3 rings (SSSR count). The molecule has 2 heterocycles. The van der Waals surface area contributed by atoms with Gasteiger partial charge in [-0.1, -0.05) is 30.3 Å². The second-order valence-corrected chi connectivity index (χ2v) is 6.87. The van der Waals surface area contributed by atoms with Gasteiger partial charge >= 0.3 is 0 Å². The van der Waals surface area contributed by atoms with Gasteiger partial charge in [0.1, 0.15) is 5.69 Å². The predicted octanol–water partition coefficient (Wildman–Crippen LogP) is 1.83. The van der Waals surface area contributed by atoms with Crippen molar-refractivity contribution in [3.05, 3.63) is 65.5 Å². The molecule has 1 aromatic heterocycles. The van der Waals surface area contributed by atoms with E-state index in [0.29, 0.717) is 25.2 Å². The summed E-state index contributed by atoms with van der Waals surface area (Å²) in [5, 5.41) is 2.89. The van der Waals surface area contributed by atoms with Crippen LogP contribution in [0.1, 0.15) is 32.8 Å². The molecule has 142 valence electrons. The molecule has 1 N–H and O–H groups in total. The molecule has 1 aliphatic heterocycles. The highest BCUT2D eigenvalue weighted by molar-refractivity contribution is 5.98. The van der Waals surface area contributed by atoms with E-state index in [4.69, 9.17) is 0 Å². The molecule has 1 saturated heterocycles. The number of carbonyl (C=O) groups is 2. The molecule has 1 aliphatic rings. The van der Waals surface area contributed by atoms with Gasteiger partial charge < -0.3 is 15.1 Å². The van der Waals surface area contributed by atoms with Crippen LogP contribution < -0.4 is 5.32 Å². The maximum Gasteiger partial charge on any atom is 0.269 e. The van der Waals surface area contributed by atoms with Gasteiger partial charge in [0.25, 0.3) is 11.8 Å². The first-order valence-electron chi connectivity index (χ1n) is 9.39. The van der Waals surface area contributed by atoms with E-state index in [0.717, 1.165) is 25.9 Å². The Balaban J connectivity index is 1.51. The number of nitrogens with zero attached hydrogens (tertiary/aromatic N) is 3. The normalized spacial score (nSPS) is 14.8. The van der Waals surface area contributed by atoms with E-state index in [1.165, 1.54) is 11.8 Å². The maximum absolute atomic E-state index is 12.6. The number of amides is 2. The Hall–Kier alpha value is -2.73. The summed E-state index contributed by atoms with van der Waals surface area (Å²) < 4.78 is 0. The number of aryl methyl sites for hydroxylation is 1. The first-order chi connectivity index (χ1) is 13.1. The van der Waals surface area contributed by atoms with E-state index in [9.17, 15) is 9.59 Å². The average Bonchev–Trinajstić information content (AvgIpc) is 2.72. The molecule has 0 bridgehead atoms. The highest BCUT2D eigenvalue weighted by Gasteiger charge is 2.21. The molecule has 0 radical (unpaired) electrons. The van der Waals surface area contributed by atoms with Crippen molar-refractivity contribution in [2.75, 3.05) is 39.8 Å². The molecular weight excluding hydrogens is 340 g/mol. The van der Waals surface area contributed by atoms with E-state index in [2.05, 4.69) is 34.4 Å². The van der Waals surface area contributed by atoms with Crippen LogP contribution in [0.15, 0.2) is 48.7 Å². The molecule has 6 heteroatoms. The van der Waals surface area contributed by atoms with Crippen molar-refractivity contribution in [2.45, 2.75) is 12.8 Å². The van der Waals surface area contributed by atoms with Gasteiger partial charge in [-0.2, -0.15) is 0 Å². The topological polar surface area (TPSA) is 65.5 Å². The summed E-state index contributed by atoms with van der Waals surface area (Å²) in [6.45, 7) is 3.72. The van der Waals surface area contributed by atoms with Crippen LogP contribution in [-0.4, -0.2) is 66.4 Å². The van der Waals surface area contributed by atoms with Crippen molar-refractivity contribution in [3.8, 4) is 0 Å². The lowest BCUT2D eigenvalue weighted by Gasteiger charge is -2.32. The summed E-state index contributed by atoms with van der Waals surface area (Å²) in [4.78, 5) is 33.1. The van der Waals surface area contributed by atoms with Crippen LogP contribution in [0.3, 0.4) is 0 Å². The van der Waals surface area contributed by atoms with Crippen molar-refractivity contribution in [3.63, 3.8) is 0 Å². The van der Waals surface area contributed by atoms with E-state index < -0.39 is 0 Å². The third-order valence-corrected chi connectivity index (χ3v) is 4.80. The highest BCUT2D eigenvalue weighted by Crippen LogP contribution is 2.09. The van der Waals surface area contributed by atoms with Crippen molar-refractivity contribution in [1.29, 1.82) is 0 Å². The van der Waals surface area contributed by atoms with Crippen LogP contribution in [0.2, 0.25) is 0 Å². The molecule has 1 aromatic carbocycles. The molecule has 2 aromatic rings. The second-order valence-electron chi connectivity index (χ2n) is 6.87. The van der Waals surface area contributed by atoms with Crippen molar-refractivity contribution in [1.82, 2.24) is 20.1 Å². The minimum Gasteiger partial charge on any atom is -0.351 e. The Labute approximate surface area is 160 Å². The summed E-state index contributed by atoms with van der Waals surface area (Å²) >= 11 is 0. The minimum atomic E-state index is -0.240. The monoisotopic (exact) mass is 366 g/mol. The number of pyridine rings is 1. The predicted molar refractivity (Wildman–Crippen MR) is 105 cm³/mol. The van der Waals surface area contributed by atoms with Gasteiger partial charge in [-0.05, 0) is 37.6 Å². The van der Waals surface area contributed by atoms with Crippen LogP contribution in [0.5, 0.6) is 0 Å². The van der Waals surface area contributed by atoms with E-state index in [-0.39, 0.29) is 17.5 Å². The quantitative estimate of drug-likeness (QED) is 0.792. The fraction of sp³-hybridized carbons (Fsp3) is 0.381. The van der Waals surface area contributed by atoms with Crippen LogP contribution in [0.25, 0.3) is 0 Å². The zero-order chi connectivity index (χ0) is 19.1. The Morgan fingerprint density at radius 3 is 2.56 bits per heavy atom. The number of hydrogen-bond donors (Lipinski definition) is 1. The summed E-state index contributed by atoms with van der Waals surface area (Å²) in [5.41, 5.74) is 2.06. The molecule has 0 spiro atoms. The van der Waals surface area contributed by atoms with E-state index >= 15 is 0 Å². The first-order valence-corrected chi connectivity index (χ1v) is 9.39. The summed E-state index contributed by atoms with van der Waals surface area (Å²) in [5.74, 6) is -0.278. The average molecular weight is 366 g/mol. The van der Waals surface area contributed by atoms with E-state index in [1.807, 2.05) is 23.1 Å². The maximum atomic E-state index is 12.6. The smallest absolute Gasteiger partial charge is 0.269 e. The lowest BCUT2D eigenvalue weighted by atomic mass is 10.1. The van der Waals surface area contributed by atoms with Crippen molar-refractivity contribution < 1.29 is 9.59 Å². The van der Waals surface area contributed by atoms with Crippen LogP contribution in [0.4, 0.5) is 0 Å². The fourth-order valence-corrected chi connectivity index (χ4v) is 3.11. The lowest BCUT2D eigenvalue weighted by molar-refractivity contribution is 0.0664. The Bertz CT molecular complexity index is 771. The number of nitrogens with one attached hydrogen (secondary N) is 1. The van der Waals surface area contributed by atoms with Crippen molar-refractivity contribution >= 4 is 11.8 Å². The highest BCUT2D eigenvalue weighted by atomic mass is 16.2. The number of aromatic nitrogens is 1. The number of benzene rings is 1. The van der Waals surface area contributed by atoms with Crippen molar-refractivity contribution in [2.24, 2.45) is 0 Å². The molecular formula is C21H26N4O2. The van der Waals surface area contributed by atoms with Gasteiger partial charge in [-0.25, -0.2) is 0 Å². The van der Waals surface area contributed by atoms with Crippen LogP contribution >= 0.6 is 0 Å². The van der Waals surface area contributed by atoms with Gasteiger partial charge in [-0.15, -0.1) is 0 Å². The first kappa shape index (κ1) is 19.0. The summed E-state index contributed by atoms with van der Waals surface area (Å²) in [6, 6.07) is 13.4. The standard InChI is InChI=1S/C21H26N4O2/c1-24-12-14-25(15-13-24)21(27)18-9-11-22-19(16-18)20(26)23-10-5-8-17-6-3-2-4-7-17/h2-4,6-7,9,11,16H,5,8,10,12-15H2,1H3,(H,23,26). The second kappa shape index (κ2) is 9.28. The Kier molecular flexibility index (Phi) is 6.54. The third kappa shape index (κ3) is 5.37. The zero-order valence-corrected chi connectivity index (χ0v) is 15.7. The van der Waals surface area contributed by atoms with Gasteiger partial charge in [0.15, 0.2) is 0 Å². The molecule has 27 heavy (non-hydrogen) atoms. The number of hydrogen-bond acceptors (Lipinski definition) is 4. The number of rotatable bonds is 6. The third-order valence-electron chi connectivity index (χ3n) is 4.80. The van der Waals surface area contributed by atoms with E-state index in [1.54, 1.807) is 12.1 Å². The lowest BCUT2D eigenvalue weighted by Crippen LogP contribution is -2.47. The minimum absolute atomic E-state index is 0.0383. The summed E-state index contributed by atoms with van der Waals surface area (Å²) in [7, 11) is 2.05. The van der Waals surface area contributed by atoms with Gasteiger partial charge in [0.05, 0.1) is 0 Å². The zero-order valence-electron chi connectivity index (χ0n) is 15.7. The number of carbonyl (C=O) groups excluding carboxylic acids is 2. The van der Waals surface area contributed by atoms with Crippen LogP contribution in [-0.2, 0) is 6.42 Å². The molecule has 0 saturated carbocycles. The van der Waals surface area contributed by atoms with Gasteiger partial charge in [0.2, 0.25) is 0 Å². The van der Waals surface area contributed by atoms with Gasteiger partial charge in [0, 0.05) is 44.5 Å². The SMILES string of the molecule is CN1CCN(C(=O)c2ccnc(C(=O)NCCCc3ccccc3)c2)CC1. The fourth-order valence-electron chi connectivity index (χ4n) is 3.11. The molecule has 6 nitrogen and oxygen atoms in total.